The van der Waals surface area contributed by atoms with Gasteiger partial charge < -0.3 is 4.74 Å². The van der Waals surface area contributed by atoms with Crippen LogP contribution in [0.3, 0.4) is 0 Å². The molecule has 0 saturated heterocycles. The molecular weight excluding hydrogens is 188 g/mol. The van der Waals surface area contributed by atoms with E-state index in [0.717, 1.165) is 12.8 Å². The Balaban J connectivity index is 2.79. The summed E-state index contributed by atoms with van der Waals surface area (Å²) in [5.41, 5.74) is 0.116. The van der Waals surface area contributed by atoms with Gasteiger partial charge in [-0.25, -0.2) is 0 Å². The van der Waals surface area contributed by atoms with Gasteiger partial charge in [0.15, 0.2) is 0 Å². The highest BCUT2D eigenvalue weighted by molar-refractivity contribution is 5.73. The molecule has 0 aromatic carbocycles. The summed E-state index contributed by atoms with van der Waals surface area (Å²) < 4.78 is 5.21. The Hall–Kier alpha value is -0.530. The average Bonchev–Trinajstić information content (AvgIpc) is 2.16. The molecule has 0 unspecified atom stereocenters. The Morgan fingerprint density at radius 3 is 2.60 bits per heavy atom. The van der Waals surface area contributed by atoms with Crippen molar-refractivity contribution >= 4 is 5.97 Å². The molecule has 0 aromatic rings. The fourth-order valence-corrected chi connectivity index (χ4v) is 2.96. The summed E-state index contributed by atoms with van der Waals surface area (Å²) in [5.74, 6) is 0.651. The summed E-state index contributed by atoms with van der Waals surface area (Å²) in [7, 11) is 0. The molecule has 88 valence electrons. The van der Waals surface area contributed by atoms with Crippen molar-refractivity contribution < 1.29 is 9.53 Å². The minimum absolute atomic E-state index is 0.0223. The molecule has 2 heteroatoms. The van der Waals surface area contributed by atoms with Gasteiger partial charge in [-0.05, 0) is 31.1 Å². The van der Waals surface area contributed by atoms with Crippen molar-refractivity contribution in [2.45, 2.75) is 53.4 Å². The SMILES string of the molecule is CCOC(=O)[C@@H]1[C@@H](CC)CCCC1(C)C. The molecule has 0 heterocycles. The molecule has 2 atom stereocenters. The Bertz CT molecular complexity index is 221. The molecule has 0 amide bonds. The van der Waals surface area contributed by atoms with Crippen molar-refractivity contribution in [1.29, 1.82) is 0 Å². The minimum Gasteiger partial charge on any atom is -0.466 e. The third-order valence-electron chi connectivity index (χ3n) is 3.77. The van der Waals surface area contributed by atoms with Crippen molar-refractivity contribution in [3.8, 4) is 0 Å². The number of rotatable bonds is 3. The molecule has 1 aliphatic carbocycles. The van der Waals surface area contributed by atoms with Crippen molar-refractivity contribution in [1.82, 2.24) is 0 Å². The summed E-state index contributed by atoms with van der Waals surface area (Å²) >= 11 is 0. The highest BCUT2D eigenvalue weighted by atomic mass is 16.5. The molecule has 1 saturated carbocycles. The molecule has 0 bridgehead atoms. The van der Waals surface area contributed by atoms with Gasteiger partial charge in [-0.3, -0.25) is 4.79 Å². The van der Waals surface area contributed by atoms with E-state index in [1.165, 1.54) is 12.8 Å². The predicted octanol–water partition coefficient (Wildman–Crippen LogP) is 3.40. The predicted molar refractivity (Wildman–Crippen MR) is 61.5 cm³/mol. The molecule has 0 aromatic heterocycles. The van der Waals surface area contributed by atoms with Crippen LogP contribution >= 0.6 is 0 Å². The first kappa shape index (κ1) is 12.5. The first-order valence-electron chi connectivity index (χ1n) is 6.19. The van der Waals surface area contributed by atoms with E-state index in [2.05, 4.69) is 20.8 Å². The first-order chi connectivity index (χ1) is 7.03. The Labute approximate surface area is 93.4 Å². The number of carbonyl (C=O) groups is 1. The van der Waals surface area contributed by atoms with Crippen LogP contribution in [0.4, 0.5) is 0 Å². The van der Waals surface area contributed by atoms with E-state index in [4.69, 9.17) is 4.74 Å². The van der Waals surface area contributed by atoms with Gasteiger partial charge >= 0.3 is 5.97 Å². The molecule has 0 aliphatic heterocycles. The minimum atomic E-state index is 0.0223. The van der Waals surface area contributed by atoms with E-state index >= 15 is 0 Å². The summed E-state index contributed by atoms with van der Waals surface area (Å²) in [6.45, 7) is 8.97. The van der Waals surface area contributed by atoms with E-state index in [9.17, 15) is 4.79 Å². The molecule has 0 radical (unpaired) electrons. The van der Waals surface area contributed by atoms with Crippen molar-refractivity contribution in [3.05, 3.63) is 0 Å². The van der Waals surface area contributed by atoms with E-state index < -0.39 is 0 Å². The van der Waals surface area contributed by atoms with Gasteiger partial charge in [-0.15, -0.1) is 0 Å². The number of carbonyl (C=O) groups excluding carboxylic acids is 1. The van der Waals surface area contributed by atoms with E-state index in [1.807, 2.05) is 6.92 Å². The molecule has 0 N–H and O–H groups in total. The maximum absolute atomic E-state index is 12.0. The highest BCUT2D eigenvalue weighted by Crippen LogP contribution is 2.45. The highest BCUT2D eigenvalue weighted by Gasteiger charge is 2.43. The first-order valence-corrected chi connectivity index (χ1v) is 6.19. The number of ether oxygens (including phenoxy) is 1. The van der Waals surface area contributed by atoms with Crippen LogP contribution in [0.2, 0.25) is 0 Å². The second kappa shape index (κ2) is 5.00. The smallest absolute Gasteiger partial charge is 0.309 e. The third kappa shape index (κ3) is 2.73. The van der Waals surface area contributed by atoms with Gasteiger partial charge in [0.05, 0.1) is 12.5 Å². The lowest BCUT2D eigenvalue weighted by molar-refractivity contribution is -0.157. The molecule has 0 spiro atoms. The zero-order valence-corrected chi connectivity index (χ0v) is 10.5. The quantitative estimate of drug-likeness (QED) is 0.670. The zero-order valence-electron chi connectivity index (χ0n) is 10.5. The lowest BCUT2D eigenvalue weighted by Crippen LogP contribution is -2.41. The summed E-state index contributed by atoms with van der Waals surface area (Å²) in [6.07, 6.45) is 4.67. The van der Waals surface area contributed by atoms with Gasteiger partial charge in [-0.2, -0.15) is 0 Å². The third-order valence-corrected chi connectivity index (χ3v) is 3.77. The number of hydrogen-bond donors (Lipinski definition) is 0. The van der Waals surface area contributed by atoms with Gasteiger partial charge in [-0.1, -0.05) is 33.6 Å². The largest absolute Gasteiger partial charge is 0.466 e. The summed E-state index contributed by atoms with van der Waals surface area (Å²) in [4.78, 5) is 12.0. The fraction of sp³-hybridized carbons (Fsp3) is 0.923. The summed E-state index contributed by atoms with van der Waals surface area (Å²) in [6, 6.07) is 0. The maximum atomic E-state index is 12.0. The van der Waals surface area contributed by atoms with Gasteiger partial charge in [0, 0.05) is 0 Å². The van der Waals surface area contributed by atoms with Gasteiger partial charge in [0.25, 0.3) is 0 Å². The molecule has 1 rings (SSSR count). The normalized spacial score (nSPS) is 29.9. The standard InChI is InChI=1S/C13H24O2/c1-5-10-8-7-9-13(3,4)11(10)12(14)15-6-2/h10-11H,5-9H2,1-4H3/t10-,11-/m0/s1. The van der Waals surface area contributed by atoms with Crippen molar-refractivity contribution in [2.75, 3.05) is 6.61 Å². The van der Waals surface area contributed by atoms with Crippen LogP contribution in [0.15, 0.2) is 0 Å². The van der Waals surface area contributed by atoms with Crippen LogP contribution in [-0.2, 0) is 9.53 Å². The van der Waals surface area contributed by atoms with E-state index in [-0.39, 0.29) is 17.3 Å². The van der Waals surface area contributed by atoms with Crippen molar-refractivity contribution in [3.63, 3.8) is 0 Å². The molecular formula is C13H24O2. The second-order valence-corrected chi connectivity index (χ2v) is 5.28. The van der Waals surface area contributed by atoms with Crippen LogP contribution < -0.4 is 0 Å². The lowest BCUT2D eigenvalue weighted by Gasteiger charge is -2.42. The van der Waals surface area contributed by atoms with Crippen LogP contribution in [0.25, 0.3) is 0 Å². The van der Waals surface area contributed by atoms with Crippen LogP contribution in [0.1, 0.15) is 53.4 Å². The van der Waals surface area contributed by atoms with Crippen LogP contribution in [0.5, 0.6) is 0 Å². The lowest BCUT2D eigenvalue weighted by atomic mass is 9.63. The molecule has 15 heavy (non-hydrogen) atoms. The van der Waals surface area contributed by atoms with Crippen LogP contribution in [-0.4, -0.2) is 12.6 Å². The number of esters is 1. The van der Waals surface area contributed by atoms with Gasteiger partial charge in [0.1, 0.15) is 0 Å². The van der Waals surface area contributed by atoms with Crippen LogP contribution in [0, 0.1) is 17.3 Å². The second-order valence-electron chi connectivity index (χ2n) is 5.28. The Morgan fingerprint density at radius 2 is 2.07 bits per heavy atom. The Morgan fingerprint density at radius 1 is 1.40 bits per heavy atom. The van der Waals surface area contributed by atoms with Gasteiger partial charge in [0.2, 0.25) is 0 Å². The maximum Gasteiger partial charge on any atom is 0.309 e. The van der Waals surface area contributed by atoms with E-state index in [0.29, 0.717) is 12.5 Å². The topological polar surface area (TPSA) is 26.3 Å². The molecule has 2 nitrogen and oxygen atoms in total. The monoisotopic (exact) mass is 212 g/mol. The summed E-state index contributed by atoms with van der Waals surface area (Å²) in [5, 5.41) is 0. The Kier molecular flexibility index (Phi) is 4.18. The van der Waals surface area contributed by atoms with Crippen molar-refractivity contribution in [2.24, 2.45) is 17.3 Å². The van der Waals surface area contributed by atoms with E-state index in [1.54, 1.807) is 0 Å². The zero-order chi connectivity index (χ0) is 11.5. The molecule has 1 aliphatic rings. The average molecular weight is 212 g/mol. The fourth-order valence-electron chi connectivity index (χ4n) is 2.96. The number of hydrogen-bond acceptors (Lipinski definition) is 2. The molecule has 1 fully saturated rings.